The van der Waals surface area contributed by atoms with Crippen LogP contribution in [0.3, 0.4) is 0 Å². The molecule has 0 spiro atoms. The predicted octanol–water partition coefficient (Wildman–Crippen LogP) is 3.23. The van der Waals surface area contributed by atoms with E-state index in [1.54, 1.807) is 0 Å². The standard InChI is InChI=1S/C19H38O7S/c1-2-3-4-5-6-7-8-9-10-11-12-13-14-18(27(23,24)25)19(22)26-16-17(21)15-20/h17-18,20-21H,2-16H2,1H3,(H,23,24,25). The number of esters is 1. The zero-order chi connectivity index (χ0) is 20.5. The molecule has 2 atom stereocenters. The van der Waals surface area contributed by atoms with E-state index < -0.39 is 40.7 Å². The summed E-state index contributed by atoms with van der Waals surface area (Å²) in [6, 6.07) is 0. The van der Waals surface area contributed by atoms with Crippen LogP contribution in [-0.4, -0.2) is 53.7 Å². The molecule has 0 fully saturated rings. The lowest BCUT2D eigenvalue weighted by atomic mass is 10.0. The van der Waals surface area contributed by atoms with Crippen LogP contribution in [-0.2, 0) is 19.6 Å². The summed E-state index contributed by atoms with van der Waals surface area (Å²) in [4.78, 5) is 11.8. The second kappa shape index (κ2) is 16.3. The average molecular weight is 411 g/mol. The van der Waals surface area contributed by atoms with Gasteiger partial charge in [0.15, 0.2) is 5.25 Å². The molecule has 0 bridgehead atoms. The van der Waals surface area contributed by atoms with Crippen LogP contribution in [0.5, 0.6) is 0 Å². The van der Waals surface area contributed by atoms with Crippen LogP contribution < -0.4 is 0 Å². The van der Waals surface area contributed by atoms with E-state index in [-0.39, 0.29) is 6.42 Å². The van der Waals surface area contributed by atoms with Crippen molar-refractivity contribution in [1.29, 1.82) is 0 Å². The van der Waals surface area contributed by atoms with Crippen molar-refractivity contribution in [3.8, 4) is 0 Å². The van der Waals surface area contributed by atoms with Gasteiger partial charge in [-0.05, 0) is 6.42 Å². The molecule has 0 radical (unpaired) electrons. The summed E-state index contributed by atoms with van der Waals surface area (Å²) in [6.45, 7) is 1.12. The number of hydrogen-bond donors (Lipinski definition) is 3. The van der Waals surface area contributed by atoms with Gasteiger partial charge in [-0.15, -0.1) is 0 Å². The molecule has 0 saturated carbocycles. The van der Waals surface area contributed by atoms with Gasteiger partial charge in [-0.1, -0.05) is 84.0 Å². The third-order valence-corrected chi connectivity index (χ3v) is 5.72. The molecule has 0 rings (SSSR count). The van der Waals surface area contributed by atoms with Gasteiger partial charge in [-0.3, -0.25) is 9.35 Å². The first kappa shape index (κ1) is 26.3. The third-order valence-electron chi connectivity index (χ3n) is 4.57. The first-order valence-electron chi connectivity index (χ1n) is 10.2. The molecule has 0 saturated heterocycles. The highest BCUT2D eigenvalue weighted by Gasteiger charge is 2.32. The SMILES string of the molecule is CCCCCCCCCCCCCCC(C(=O)OCC(O)CO)S(=O)(=O)O. The van der Waals surface area contributed by atoms with Crippen LogP contribution in [0.1, 0.15) is 90.4 Å². The first-order chi connectivity index (χ1) is 12.8. The van der Waals surface area contributed by atoms with Gasteiger partial charge in [-0.2, -0.15) is 8.42 Å². The van der Waals surface area contributed by atoms with Crippen LogP contribution >= 0.6 is 0 Å². The smallest absolute Gasteiger partial charge is 0.326 e. The van der Waals surface area contributed by atoms with Crippen molar-refractivity contribution in [2.24, 2.45) is 0 Å². The average Bonchev–Trinajstić information content (AvgIpc) is 2.62. The van der Waals surface area contributed by atoms with Gasteiger partial charge in [0.25, 0.3) is 10.1 Å². The quantitative estimate of drug-likeness (QED) is 0.180. The molecule has 0 aliphatic carbocycles. The lowest BCUT2D eigenvalue weighted by Gasteiger charge is -2.14. The minimum atomic E-state index is -4.55. The van der Waals surface area contributed by atoms with Gasteiger partial charge in [0.1, 0.15) is 12.7 Å². The fourth-order valence-electron chi connectivity index (χ4n) is 2.88. The van der Waals surface area contributed by atoms with Crippen LogP contribution in [0.25, 0.3) is 0 Å². The van der Waals surface area contributed by atoms with Crippen molar-refractivity contribution in [2.45, 2.75) is 102 Å². The monoisotopic (exact) mass is 410 g/mol. The Labute approximate surface area is 164 Å². The number of unbranched alkanes of at least 4 members (excludes halogenated alkanes) is 11. The Hall–Kier alpha value is -0.700. The van der Waals surface area contributed by atoms with Crippen LogP contribution in [0.15, 0.2) is 0 Å². The maximum absolute atomic E-state index is 11.8. The molecular weight excluding hydrogens is 372 g/mol. The number of ether oxygens (including phenoxy) is 1. The van der Waals surface area contributed by atoms with Gasteiger partial charge in [-0.25, -0.2) is 0 Å². The number of hydrogen-bond acceptors (Lipinski definition) is 6. The van der Waals surface area contributed by atoms with E-state index in [1.807, 2.05) is 0 Å². The van der Waals surface area contributed by atoms with E-state index in [0.717, 1.165) is 25.7 Å². The number of carbonyl (C=O) groups excluding carboxylic acids is 1. The van der Waals surface area contributed by atoms with Crippen molar-refractivity contribution in [2.75, 3.05) is 13.2 Å². The Morgan fingerprint density at radius 1 is 0.889 bits per heavy atom. The third kappa shape index (κ3) is 15.0. The molecule has 0 heterocycles. The summed E-state index contributed by atoms with van der Waals surface area (Å²) in [6.07, 6.45) is 12.2. The van der Waals surface area contributed by atoms with Crippen LogP contribution in [0.4, 0.5) is 0 Å². The molecule has 0 aromatic carbocycles. The second-order valence-corrected chi connectivity index (χ2v) is 8.75. The molecule has 8 heteroatoms. The summed E-state index contributed by atoms with van der Waals surface area (Å²) < 4.78 is 36.6. The number of rotatable bonds is 18. The summed E-state index contributed by atoms with van der Waals surface area (Å²) in [5, 5.41) is 16.2. The van der Waals surface area contributed by atoms with E-state index in [9.17, 15) is 17.8 Å². The largest absolute Gasteiger partial charge is 0.462 e. The fraction of sp³-hybridized carbons (Fsp3) is 0.947. The van der Waals surface area contributed by atoms with E-state index in [1.165, 1.54) is 44.9 Å². The summed E-state index contributed by atoms with van der Waals surface area (Å²) in [5.41, 5.74) is 0. The molecule has 0 aromatic rings. The lowest BCUT2D eigenvalue weighted by Crippen LogP contribution is -2.34. The minimum Gasteiger partial charge on any atom is -0.462 e. The number of aliphatic hydroxyl groups excluding tert-OH is 2. The highest BCUT2D eigenvalue weighted by molar-refractivity contribution is 7.87. The van der Waals surface area contributed by atoms with Gasteiger partial charge in [0, 0.05) is 0 Å². The molecule has 27 heavy (non-hydrogen) atoms. The molecule has 0 aliphatic rings. The summed E-state index contributed by atoms with van der Waals surface area (Å²) in [7, 11) is -4.55. The maximum atomic E-state index is 11.8. The molecule has 0 amide bonds. The number of aliphatic hydroxyl groups is 2. The van der Waals surface area contributed by atoms with Crippen LogP contribution in [0.2, 0.25) is 0 Å². The Kier molecular flexibility index (Phi) is 15.9. The summed E-state index contributed by atoms with van der Waals surface area (Å²) >= 11 is 0. The molecule has 2 unspecified atom stereocenters. The molecule has 7 nitrogen and oxygen atoms in total. The summed E-state index contributed by atoms with van der Waals surface area (Å²) in [5.74, 6) is -1.09. The van der Waals surface area contributed by atoms with Crippen molar-refractivity contribution in [3.05, 3.63) is 0 Å². The Morgan fingerprint density at radius 2 is 1.33 bits per heavy atom. The van der Waals surface area contributed by atoms with Gasteiger partial charge >= 0.3 is 5.97 Å². The molecule has 0 aromatic heterocycles. The Bertz CT molecular complexity index is 465. The zero-order valence-electron chi connectivity index (χ0n) is 16.6. The van der Waals surface area contributed by atoms with Gasteiger partial charge in [0.2, 0.25) is 0 Å². The van der Waals surface area contributed by atoms with Gasteiger partial charge < -0.3 is 14.9 Å². The Morgan fingerprint density at radius 3 is 1.74 bits per heavy atom. The van der Waals surface area contributed by atoms with Crippen molar-refractivity contribution in [3.63, 3.8) is 0 Å². The predicted molar refractivity (Wildman–Crippen MR) is 105 cm³/mol. The van der Waals surface area contributed by atoms with Crippen molar-refractivity contribution < 1.29 is 32.7 Å². The van der Waals surface area contributed by atoms with E-state index in [4.69, 9.17) is 10.2 Å². The highest BCUT2D eigenvalue weighted by Crippen LogP contribution is 2.16. The molecule has 3 N–H and O–H groups in total. The van der Waals surface area contributed by atoms with Crippen molar-refractivity contribution >= 4 is 16.1 Å². The number of carbonyl (C=O) groups is 1. The second-order valence-electron chi connectivity index (χ2n) is 7.15. The molecule has 162 valence electrons. The fourth-order valence-corrected chi connectivity index (χ4v) is 3.66. The van der Waals surface area contributed by atoms with Crippen molar-refractivity contribution in [1.82, 2.24) is 0 Å². The van der Waals surface area contributed by atoms with E-state index in [0.29, 0.717) is 6.42 Å². The molecular formula is C19H38O7S. The van der Waals surface area contributed by atoms with E-state index >= 15 is 0 Å². The normalized spacial score (nSPS) is 14.1. The minimum absolute atomic E-state index is 0.00961. The topological polar surface area (TPSA) is 121 Å². The zero-order valence-corrected chi connectivity index (χ0v) is 17.5. The van der Waals surface area contributed by atoms with Crippen LogP contribution in [0, 0.1) is 0 Å². The maximum Gasteiger partial charge on any atom is 0.326 e. The Balaban J connectivity index is 3.85. The van der Waals surface area contributed by atoms with E-state index in [2.05, 4.69) is 11.7 Å². The van der Waals surface area contributed by atoms with Gasteiger partial charge in [0.05, 0.1) is 6.61 Å². The first-order valence-corrected chi connectivity index (χ1v) is 11.7. The lowest BCUT2D eigenvalue weighted by molar-refractivity contribution is -0.147. The molecule has 0 aliphatic heterocycles. The highest BCUT2D eigenvalue weighted by atomic mass is 32.2.